The second kappa shape index (κ2) is 24.8. The minimum atomic E-state index is -3.63. The van der Waals surface area contributed by atoms with Crippen molar-refractivity contribution in [2.75, 3.05) is 26.4 Å². The second-order valence-corrected chi connectivity index (χ2v) is 35.0. The molecular weight excluding hydrogens is 853 g/mol. The molecule has 0 aliphatic heterocycles. The fourth-order valence-corrected chi connectivity index (χ4v) is 36.2. The Kier molecular flexibility index (Phi) is 22.2. The summed E-state index contributed by atoms with van der Waals surface area (Å²) in [5.74, 6) is 0. The molecule has 0 spiro atoms. The topological polar surface area (TPSA) is 71.1 Å². The van der Waals surface area contributed by atoms with Crippen LogP contribution in [0.5, 0.6) is 0 Å². The molecule has 0 aliphatic carbocycles. The molecule has 0 bridgehead atoms. The van der Waals surface area contributed by atoms with E-state index in [0.717, 1.165) is 95.4 Å². The molecular formula is C40H68O6P2S3Sn. The third-order valence-corrected chi connectivity index (χ3v) is 36.3. The van der Waals surface area contributed by atoms with Crippen molar-refractivity contribution < 1.29 is 27.2 Å². The monoisotopic (exact) mass is 922 g/mol. The first-order chi connectivity index (χ1) is 25.2. The maximum atomic E-state index is 15.3. The molecule has 0 N–H and O–H groups in total. The molecule has 52 heavy (non-hydrogen) atoms. The molecule has 3 heterocycles. The van der Waals surface area contributed by atoms with Gasteiger partial charge in [0.2, 0.25) is 0 Å². The predicted octanol–water partition coefficient (Wildman–Crippen LogP) is 14.2. The van der Waals surface area contributed by atoms with Crippen LogP contribution >= 0.6 is 49.2 Å². The summed E-state index contributed by atoms with van der Waals surface area (Å²) >= 11 is 1.97. The number of rotatable bonds is 30. The first-order valence-electron chi connectivity index (χ1n) is 20.3. The molecule has 3 rings (SSSR count). The zero-order valence-electron chi connectivity index (χ0n) is 33.3. The van der Waals surface area contributed by atoms with Crippen molar-refractivity contribution in [3.8, 4) is 19.5 Å². The third-order valence-electron chi connectivity index (χ3n) is 9.55. The molecule has 296 valence electrons. The van der Waals surface area contributed by atoms with E-state index in [9.17, 15) is 4.57 Å². The van der Waals surface area contributed by atoms with Crippen LogP contribution in [0.25, 0.3) is 19.5 Å². The molecule has 0 atom stereocenters. The summed E-state index contributed by atoms with van der Waals surface area (Å²) in [4.78, 5) is 4.08. The molecule has 0 fully saturated rings. The van der Waals surface area contributed by atoms with Gasteiger partial charge in [0.1, 0.15) is 0 Å². The summed E-state index contributed by atoms with van der Waals surface area (Å²) in [6.07, 6.45) is 14.2. The van der Waals surface area contributed by atoms with E-state index >= 15 is 4.57 Å². The van der Waals surface area contributed by atoms with Crippen molar-refractivity contribution >= 4 is 81.1 Å². The van der Waals surface area contributed by atoms with Gasteiger partial charge >= 0.3 is 336 Å². The molecule has 12 heteroatoms. The van der Waals surface area contributed by atoms with E-state index in [1.165, 1.54) is 35.5 Å². The molecule has 6 nitrogen and oxygen atoms in total. The zero-order valence-corrected chi connectivity index (χ0v) is 40.4. The Labute approximate surface area is 333 Å². The van der Waals surface area contributed by atoms with Crippen molar-refractivity contribution in [1.29, 1.82) is 0 Å². The van der Waals surface area contributed by atoms with Crippen LogP contribution in [0.15, 0.2) is 29.6 Å². The Balaban J connectivity index is 2.36. The van der Waals surface area contributed by atoms with Gasteiger partial charge in [0, 0.05) is 0 Å². The van der Waals surface area contributed by atoms with Crippen LogP contribution in [-0.2, 0) is 27.2 Å². The van der Waals surface area contributed by atoms with Crippen LogP contribution in [0.3, 0.4) is 0 Å². The minimum absolute atomic E-state index is 0.388. The van der Waals surface area contributed by atoms with Gasteiger partial charge in [0.05, 0.1) is 0 Å². The normalized spacial score (nSPS) is 12.7. The van der Waals surface area contributed by atoms with E-state index in [1.54, 1.807) is 22.7 Å². The van der Waals surface area contributed by atoms with E-state index in [0.29, 0.717) is 31.7 Å². The zero-order chi connectivity index (χ0) is 37.9. The standard InChI is InChI=1S/C28H41O6P2S3.3C4H9.Sn/c1-5-9-15-31-35(29,32-16-10-6-2)23-20-26(38-22-23)27-21-24(28(39-27)25-14-13-19-37-25)36(30,33-17-11-7-3)34-18-12-8-4;3*1-3-4-2;/h13-14,19-21H,5-12,15-18H2,1-4H3;3*1,3-4H2,2H3;. The summed E-state index contributed by atoms with van der Waals surface area (Å²) in [5.41, 5.74) is 0. The van der Waals surface area contributed by atoms with Gasteiger partial charge in [0.15, 0.2) is 0 Å². The summed E-state index contributed by atoms with van der Waals surface area (Å²) < 4.78 is 60.7. The summed E-state index contributed by atoms with van der Waals surface area (Å²) in [7, 11) is -7.25. The molecule has 0 saturated heterocycles. The molecule has 0 aliphatic rings. The average molecular weight is 922 g/mol. The van der Waals surface area contributed by atoms with E-state index in [-0.39, 0.29) is 0 Å². The van der Waals surface area contributed by atoms with Crippen LogP contribution in [-0.4, -0.2) is 44.8 Å². The molecule has 3 aromatic heterocycles. The van der Waals surface area contributed by atoms with Gasteiger partial charge in [-0.15, -0.1) is 0 Å². The molecule has 0 amide bonds. The Hall–Kier alpha value is 0.199. The van der Waals surface area contributed by atoms with E-state index in [1.807, 2.05) is 17.4 Å². The average Bonchev–Trinajstić information content (AvgIpc) is 3.93. The van der Waals surface area contributed by atoms with Gasteiger partial charge in [0.25, 0.3) is 0 Å². The fourth-order valence-electron chi connectivity index (χ4n) is 6.31. The van der Waals surface area contributed by atoms with Crippen LogP contribution in [0.2, 0.25) is 13.3 Å². The van der Waals surface area contributed by atoms with Gasteiger partial charge < -0.3 is 0 Å². The molecule has 0 aromatic carbocycles. The van der Waals surface area contributed by atoms with Crippen molar-refractivity contribution in [2.45, 2.75) is 152 Å². The van der Waals surface area contributed by atoms with Gasteiger partial charge in [-0.1, -0.05) is 0 Å². The summed E-state index contributed by atoms with van der Waals surface area (Å²) in [6, 6.07) is 8.38. The Morgan fingerprint density at radius 3 is 1.35 bits per heavy atom. The van der Waals surface area contributed by atoms with Crippen molar-refractivity contribution in [2.24, 2.45) is 0 Å². The van der Waals surface area contributed by atoms with Crippen molar-refractivity contribution in [1.82, 2.24) is 0 Å². The summed E-state index contributed by atoms with van der Waals surface area (Å²) in [5, 5.41) is 3.56. The molecule has 3 aromatic rings. The fraction of sp³-hybridized carbons (Fsp3) is 0.700. The SMILES string of the molecule is CCCCOP(=O)(OCCCC)c1cc(-c2cc(P(=O)(OCCCC)OCCCC)[c]([Sn]([CH2]CCC)([CH2]CCC)[CH2]CCC)s2)sc1-c1cccs1. The summed E-state index contributed by atoms with van der Waals surface area (Å²) in [6.45, 7) is 17.0. The van der Waals surface area contributed by atoms with Crippen molar-refractivity contribution in [3.05, 3.63) is 29.6 Å². The molecule has 0 unspecified atom stereocenters. The molecule has 0 radical (unpaired) electrons. The van der Waals surface area contributed by atoms with Crippen molar-refractivity contribution in [3.63, 3.8) is 0 Å². The van der Waals surface area contributed by atoms with E-state index in [4.69, 9.17) is 18.1 Å². The predicted molar refractivity (Wildman–Crippen MR) is 233 cm³/mol. The van der Waals surface area contributed by atoms with E-state index in [2.05, 4.69) is 72.0 Å². The van der Waals surface area contributed by atoms with Crippen LogP contribution in [0.1, 0.15) is 138 Å². The van der Waals surface area contributed by atoms with Gasteiger partial charge in [-0.05, 0) is 0 Å². The Morgan fingerprint density at radius 2 is 0.942 bits per heavy atom. The Bertz CT molecular complexity index is 1450. The maximum absolute atomic E-state index is 15.3. The van der Waals surface area contributed by atoms with Crippen LogP contribution < -0.4 is 13.5 Å². The quantitative estimate of drug-likeness (QED) is 0.0377. The van der Waals surface area contributed by atoms with Gasteiger partial charge in [-0.25, -0.2) is 0 Å². The first-order valence-corrected chi connectivity index (χ1v) is 33.4. The Morgan fingerprint density at radius 1 is 0.538 bits per heavy atom. The number of hydrogen-bond acceptors (Lipinski definition) is 9. The van der Waals surface area contributed by atoms with E-state index < -0.39 is 33.6 Å². The number of unbranched alkanes of at least 4 members (excludes halogenated alkanes) is 7. The van der Waals surface area contributed by atoms with Gasteiger partial charge in [-0.2, -0.15) is 0 Å². The number of thiophene rings is 3. The third kappa shape index (κ3) is 13.1. The van der Waals surface area contributed by atoms with Crippen LogP contribution in [0.4, 0.5) is 0 Å². The van der Waals surface area contributed by atoms with Crippen LogP contribution in [0, 0.1) is 0 Å². The molecule has 0 saturated carbocycles. The van der Waals surface area contributed by atoms with Gasteiger partial charge in [-0.3, -0.25) is 0 Å². The first kappa shape index (κ1) is 46.6. The second-order valence-electron chi connectivity index (χ2n) is 14.0. The number of hydrogen-bond donors (Lipinski definition) is 0.